The lowest BCUT2D eigenvalue weighted by Gasteiger charge is -2.27. The molecule has 0 radical (unpaired) electrons. The Morgan fingerprint density at radius 3 is 2.33 bits per heavy atom. The van der Waals surface area contributed by atoms with E-state index in [1.165, 1.54) is 5.56 Å². The van der Waals surface area contributed by atoms with Gasteiger partial charge in [-0.1, -0.05) is 44.2 Å². The summed E-state index contributed by atoms with van der Waals surface area (Å²) in [6.07, 6.45) is 3.19. The first-order valence-electron chi connectivity index (χ1n) is 5.68. The van der Waals surface area contributed by atoms with Crippen molar-refractivity contribution in [3.8, 4) is 0 Å². The summed E-state index contributed by atoms with van der Waals surface area (Å²) >= 11 is 0. The standard InChI is InChI=1S/C14H21N/c1-4-14(3,12(2)15)11-10-13-8-6-5-7-9-13/h5-9,15H,4,10-11H2,1-3H3. The second kappa shape index (κ2) is 5.11. The van der Waals surface area contributed by atoms with Gasteiger partial charge < -0.3 is 5.41 Å². The van der Waals surface area contributed by atoms with Gasteiger partial charge in [-0.3, -0.25) is 0 Å². The molecule has 1 N–H and O–H groups in total. The molecule has 1 aromatic rings. The van der Waals surface area contributed by atoms with Crippen LogP contribution in [0.25, 0.3) is 0 Å². The zero-order valence-corrected chi connectivity index (χ0v) is 10.0. The summed E-state index contributed by atoms with van der Waals surface area (Å²) in [7, 11) is 0. The fraction of sp³-hybridized carbons (Fsp3) is 0.500. The first kappa shape index (κ1) is 12.0. The molecule has 1 nitrogen and oxygen atoms in total. The minimum Gasteiger partial charge on any atom is -0.309 e. The summed E-state index contributed by atoms with van der Waals surface area (Å²) in [5, 5.41) is 7.81. The molecule has 15 heavy (non-hydrogen) atoms. The van der Waals surface area contributed by atoms with Crippen molar-refractivity contribution in [3.05, 3.63) is 35.9 Å². The van der Waals surface area contributed by atoms with Crippen molar-refractivity contribution in [1.29, 1.82) is 5.41 Å². The van der Waals surface area contributed by atoms with Gasteiger partial charge in [0.15, 0.2) is 0 Å². The van der Waals surface area contributed by atoms with Gasteiger partial charge in [-0.05, 0) is 31.7 Å². The molecular formula is C14H21N. The second-order valence-electron chi connectivity index (χ2n) is 4.52. The van der Waals surface area contributed by atoms with Crippen LogP contribution in [0.2, 0.25) is 0 Å². The van der Waals surface area contributed by atoms with Gasteiger partial charge in [-0.25, -0.2) is 0 Å². The molecule has 0 heterocycles. The molecule has 0 amide bonds. The summed E-state index contributed by atoms with van der Waals surface area (Å²) in [4.78, 5) is 0. The van der Waals surface area contributed by atoms with Gasteiger partial charge in [0, 0.05) is 11.1 Å². The maximum Gasteiger partial charge on any atom is 0.0117 e. The Morgan fingerprint density at radius 1 is 1.27 bits per heavy atom. The van der Waals surface area contributed by atoms with E-state index in [-0.39, 0.29) is 5.41 Å². The van der Waals surface area contributed by atoms with E-state index < -0.39 is 0 Å². The first-order chi connectivity index (χ1) is 7.08. The van der Waals surface area contributed by atoms with Gasteiger partial charge in [-0.2, -0.15) is 0 Å². The van der Waals surface area contributed by atoms with Crippen LogP contribution >= 0.6 is 0 Å². The van der Waals surface area contributed by atoms with E-state index in [2.05, 4.69) is 38.1 Å². The van der Waals surface area contributed by atoms with Crippen LogP contribution in [0.5, 0.6) is 0 Å². The van der Waals surface area contributed by atoms with Gasteiger partial charge in [0.05, 0.1) is 0 Å². The topological polar surface area (TPSA) is 23.9 Å². The quantitative estimate of drug-likeness (QED) is 0.697. The van der Waals surface area contributed by atoms with E-state index in [9.17, 15) is 0 Å². The zero-order chi connectivity index (χ0) is 11.3. The van der Waals surface area contributed by atoms with Gasteiger partial charge in [0.2, 0.25) is 0 Å². The van der Waals surface area contributed by atoms with E-state index >= 15 is 0 Å². The Kier molecular flexibility index (Phi) is 4.07. The Morgan fingerprint density at radius 2 is 1.87 bits per heavy atom. The molecule has 0 aliphatic rings. The number of benzene rings is 1. The molecule has 1 unspecified atom stereocenters. The highest BCUT2D eigenvalue weighted by atomic mass is 14.5. The third kappa shape index (κ3) is 3.19. The second-order valence-corrected chi connectivity index (χ2v) is 4.52. The number of rotatable bonds is 5. The predicted octanol–water partition coefficient (Wildman–Crippen LogP) is 4.08. The molecule has 1 atom stereocenters. The molecule has 0 aliphatic heterocycles. The van der Waals surface area contributed by atoms with Gasteiger partial charge in [0.25, 0.3) is 0 Å². The summed E-state index contributed by atoms with van der Waals surface area (Å²) in [5.41, 5.74) is 2.26. The lowest BCUT2D eigenvalue weighted by atomic mass is 9.78. The van der Waals surface area contributed by atoms with Crippen molar-refractivity contribution < 1.29 is 0 Å². The van der Waals surface area contributed by atoms with Crippen molar-refractivity contribution in [3.63, 3.8) is 0 Å². The lowest BCUT2D eigenvalue weighted by Crippen LogP contribution is -2.24. The van der Waals surface area contributed by atoms with Crippen LogP contribution in [-0.2, 0) is 6.42 Å². The molecule has 0 fully saturated rings. The maximum atomic E-state index is 7.81. The maximum absolute atomic E-state index is 7.81. The molecule has 82 valence electrons. The van der Waals surface area contributed by atoms with Gasteiger partial charge >= 0.3 is 0 Å². The molecule has 1 aromatic carbocycles. The molecule has 0 spiro atoms. The molecule has 0 saturated heterocycles. The summed E-state index contributed by atoms with van der Waals surface area (Å²) < 4.78 is 0. The first-order valence-corrected chi connectivity index (χ1v) is 5.68. The molecule has 0 bridgehead atoms. The average molecular weight is 203 g/mol. The minimum atomic E-state index is 0.0792. The van der Waals surface area contributed by atoms with E-state index in [4.69, 9.17) is 5.41 Å². The largest absolute Gasteiger partial charge is 0.309 e. The Hall–Kier alpha value is -1.11. The summed E-state index contributed by atoms with van der Waals surface area (Å²) in [6, 6.07) is 10.5. The van der Waals surface area contributed by atoms with Crippen LogP contribution < -0.4 is 0 Å². The summed E-state index contributed by atoms with van der Waals surface area (Å²) in [5.74, 6) is 0. The monoisotopic (exact) mass is 203 g/mol. The number of aryl methyl sites for hydroxylation is 1. The van der Waals surface area contributed by atoms with E-state index in [0.29, 0.717) is 0 Å². The lowest BCUT2D eigenvalue weighted by molar-refractivity contribution is 0.409. The zero-order valence-electron chi connectivity index (χ0n) is 10.0. The average Bonchev–Trinajstić information content (AvgIpc) is 2.27. The Labute approximate surface area is 93.0 Å². The number of nitrogens with one attached hydrogen (secondary N) is 1. The highest BCUT2D eigenvalue weighted by molar-refractivity contribution is 5.84. The van der Waals surface area contributed by atoms with Crippen molar-refractivity contribution in [1.82, 2.24) is 0 Å². The molecule has 0 saturated carbocycles. The Balaban J connectivity index is 2.59. The van der Waals surface area contributed by atoms with E-state index in [1.807, 2.05) is 13.0 Å². The molecule has 0 aromatic heterocycles. The molecular weight excluding hydrogens is 182 g/mol. The number of hydrogen-bond acceptors (Lipinski definition) is 1. The summed E-state index contributed by atoms with van der Waals surface area (Å²) in [6.45, 7) is 6.29. The fourth-order valence-corrected chi connectivity index (χ4v) is 1.69. The van der Waals surface area contributed by atoms with Crippen molar-refractivity contribution in [2.24, 2.45) is 5.41 Å². The molecule has 1 heteroatoms. The van der Waals surface area contributed by atoms with Crippen molar-refractivity contribution in [2.45, 2.75) is 40.0 Å². The van der Waals surface area contributed by atoms with Crippen molar-refractivity contribution >= 4 is 5.71 Å². The van der Waals surface area contributed by atoms with Crippen LogP contribution in [0.4, 0.5) is 0 Å². The highest BCUT2D eigenvalue weighted by Gasteiger charge is 2.23. The third-order valence-electron chi connectivity index (χ3n) is 3.49. The van der Waals surface area contributed by atoms with Crippen LogP contribution in [0.1, 0.15) is 39.2 Å². The highest BCUT2D eigenvalue weighted by Crippen LogP contribution is 2.28. The third-order valence-corrected chi connectivity index (χ3v) is 3.49. The molecule has 1 rings (SSSR count). The Bertz CT molecular complexity index is 315. The van der Waals surface area contributed by atoms with E-state index in [1.54, 1.807) is 0 Å². The normalized spacial score (nSPS) is 14.6. The van der Waals surface area contributed by atoms with E-state index in [0.717, 1.165) is 25.0 Å². The van der Waals surface area contributed by atoms with Gasteiger partial charge in [-0.15, -0.1) is 0 Å². The van der Waals surface area contributed by atoms with Crippen LogP contribution in [0, 0.1) is 10.8 Å². The minimum absolute atomic E-state index is 0.0792. The smallest absolute Gasteiger partial charge is 0.0117 e. The van der Waals surface area contributed by atoms with Crippen LogP contribution in [-0.4, -0.2) is 5.71 Å². The SMILES string of the molecule is CCC(C)(CCc1ccccc1)C(C)=N. The van der Waals surface area contributed by atoms with Crippen LogP contribution in [0.15, 0.2) is 30.3 Å². The molecule has 0 aliphatic carbocycles. The van der Waals surface area contributed by atoms with Crippen molar-refractivity contribution in [2.75, 3.05) is 0 Å². The predicted molar refractivity (Wildman–Crippen MR) is 66.6 cm³/mol. The van der Waals surface area contributed by atoms with Crippen LogP contribution in [0.3, 0.4) is 0 Å². The fourth-order valence-electron chi connectivity index (χ4n) is 1.69. The number of hydrogen-bond donors (Lipinski definition) is 1. The van der Waals surface area contributed by atoms with Gasteiger partial charge in [0.1, 0.15) is 0 Å².